The molecule has 0 amide bonds. The van der Waals surface area contributed by atoms with Crippen molar-refractivity contribution in [3.05, 3.63) is 40.4 Å². The van der Waals surface area contributed by atoms with E-state index >= 15 is 0 Å². The summed E-state index contributed by atoms with van der Waals surface area (Å²) >= 11 is 7.59. The number of carbonyl (C=O) groups excluding carboxylic acids is 1. The van der Waals surface area contributed by atoms with E-state index in [0.29, 0.717) is 11.4 Å². The van der Waals surface area contributed by atoms with Crippen molar-refractivity contribution in [3.63, 3.8) is 0 Å². The molecule has 1 heterocycles. The van der Waals surface area contributed by atoms with E-state index in [1.807, 2.05) is 29.6 Å². The van der Waals surface area contributed by atoms with Crippen LogP contribution in [-0.2, 0) is 16.0 Å². The van der Waals surface area contributed by atoms with Gasteiger partial charge in [-0.2, -0.15) is 0 Å². The fourth-order valence-corrected chi connectivity index (χ4v) is 2.77. The fraction of sp³-hybridized carbons (Fsp3) is 0.231. The van der Waals surface area contributed by atoms with Crippen LogP contribution in [0.4, 0.5) is 0 Å². The molecular weight excluding hydrogens is 284 g/mol. The molecule has 100 valence electrons. The number of rotatable bonds is 4. The number of nitrogens with two attached hydrogens (primary N) is 1. The number of esters is 1. The molecule has 4 nitrogen and oxygen atoms in total. The highest BCUT2D eigenvalue weighted by Crippen LogP contribution is 2.30. The van der Waals surface area contributed by atoms with Gasteiger partial charge in [0.05, 0.1) is 17.8 Å². The Labute approximate surface area is 120 Å². The van der Waals surface area contributed by atoms with Crippen molar-refractivity contribution in [3.8, 4) is 10.6 Å². The van der Waals surface area contributed by atoms with Gasteiger partial charge in [-0.3, -0.25) is 4.79 Å². The van der Waals surface area contributed by atoms with Crippen LogP contribution in [0.2, 0.25) is 5.02 Å². The van der Waals surface area contributed by atoms with E-state index in [1.54, 1.807) is 0 Å². The van der Waals surface area contributed by atoms with E-state index in [9.17, 15) is 4.79 Å². The lowest BCUT2D eigenvalue weighted by Gasteiger charge is -2.06. The van der Waals surface area contributed by atoms with E-state index in [2.05, 4.69) is 9.72 Å². The predicted molar refractivity (Wildman–Crippen MR) is 76.3 cm³/mol. The minimum Gasteiger partial charge on any atom is -0.468 e. The molecule has 0 spiro atoms. The number of ether oxygens (including phenoxy) is 1. The van der Waals surface area contributed by atoms with Crippen LogP contribution in [0.15, 0.2) is 29.6 Å². The molecule has 1 aromatic heterocycles. The smallest absolute Gasteiger partial charge is 0.323 e. The first-order valence-corrected chi connectivity index (χ1v) is 6.90. The Balaban J connectivity index is 2.16. The molecule has 0 saturated heterocycles. The first-order valence-electron chi connectivity index (χ1n) is 5.64. The summed E-state index contributed by atoms with van der Waals surface area (Å²) in [7, 11) is 1.32. The molecule has 2 aromatic rings. The van der Waals surface area contributed by atoms with E-state index < -0.39 is 12.0 Å². The second-order valence-corrected chi connectivity index (χ2v) is 5.22. The summed E-state index contributed by atoms with van der Waals surface area (Å²) in [4.78, 5) is 15.7. The Morgan fingerprint density at radius 3 is 2.95 bits per heavy atom. The van der Waals surface area contributed by atoms with Gasteiger partial charge in [0.2, 0.25) is 0 Å². The molecule has 19 heavy (non-hydrogen) atoms. The van der Waals surface area contributed by atoms with Crippen LogP contribution < -0.4 is 5.73 Å². The Bertz CT molecular complexity index is 586. The number of aromatic nitrogens is 1. The Kier molecular flexibility index (Phi) is 4.52. The average Bonchev–Trinajstić information content (AvgIpc) is 2.86. The first kappa shape index (κ1) is 14.0. The lowest BCUT2D eigenvalue weighted by atomic mass is 10.2. The van der Waals surface area contributed by atoms with Gasteiger partial charge < -0.3 is 10.5 Å². The maximum atomic E-state index is 11.3. The van der Waals surface area contributed by atoms with Crippen LogP contribution in [0.25, 0.3) is 10.6 Å². The Hall–Kier alpha value is -1.43. The zero-order valence-electron chi connectivity index (χ0n) is 10.3. The molecule has 1 atom stereocenters. The molecule has 0 aliphatic carbocycles. The lowest BCUT2D eigenvalue weighted by molar-refractivity contribution is -0.142. The van der Waals surface area contributed by atoms with Crippen molar-refractivity contribution >= 4 is 28.9 Å². The van der Waals surface area contributed by atoms with Gasteiger partial charge in [-0.15, -0.1) is 11.3 Å². The fourth-order valence-electron chi connectivity index (χ4n) is 1.62. The van der Waals surface area contributed by atoms with Crippen LogP contribution in [0.5, 0.6) is 0 Å². The molecule has 0 radical (unpaired) electrons. The van der Waals surface area contributed by atoms with Crippen LogP contribution in [0.1, 0.15) is 5.69 Å². The van der Waals surface area contributed by atoms with E-state index in [4.69, 9.17) is 17.3 Å². The summed E-state index contributed by atoms with van der Waals surface area (Å²) < 4.78 is 4.59. The summed E-state index contributed by atoms with van der Waals surface area (Å²) in [5, 5.41) is 3.35. The van der Waals surface area contributed by atoms with E-state index in [0.717, 1.165) is 16.3 Å². The molecule has 0 bridgehead atoms. The summed E-state index contributed by atoms with van der Waals surface area (Å²) in [6.07, 6.45) is 0.355. The number of hydrogen-bond donors (Lipinski definition) is 1. The van der Waals surface area contributed by atoms with Gasteiger partial charge in [0.25, 0.3) is 0 Å². The van der Waals surface area contributed by atoms with Gasteiger partial charge in [-0.25, -0.2) is 4.98 Å². The molecular formula is C13H13ClN2O2S. The number of nitrogens with zero attached hydrogens (tertiary/aromatic N) is 1. The second-order valence-electron chi connectivity index (χ2n) is 3.96. The normalized spacial score (nSPS) is 12.2. The quantitative estimate of drug-likeness (QED) is 0.881. The highest BCUT2D eigenvalue weighted by atomic mass is 35.5. The molecule has 0 fully saturated rings. The SMILES string of the molecule is COC(=O)C(N)Cc1csc(-c2ccccc2Cl)n1. The van der Waals surface area contributed by atoms with E-state index in [1.165, 1.54) is 18.4 Å². The van der Waals surface area contributed by atoms with Gasteiger partial charge in [-0.05, 0) is 6.07 Å². The van der Waals surface area contributed by atoms with Crippen molar-refractivity contribution in [2.24, 2.45) is 5.73 Å². The highest BCUT2D eigenvalue weighted by molar-refractivity contribution is 7.13. The third kappa shape index (κ3) is 3.32. The van der Waals surface area contributed by atoms with Crippen LogP contribution in [0.3, 0.4) is 0 Å². The van der Waals surface area contributed by atoms with Gasteiger partial charge in [0.15, 0.2) is 0 Å². The number of carbonyl (C=O) groups is 1. The van der Waals surface area contributed by atoms with Crippen LogP contribution >= 0.6 is 22.9 Å². The van der Waals surface area contributed by atoms with Crippen molar-refractivity contribution in [1.82, 2.24) is 4.98 Å². The average molecular weight is 297 g/mol. The maximum Gasteiger partial charge on any atom is 0.323 e. The summed E-state index contributed by atoms with van der Waals surface area (Å²) in [6.45, 7) is 0. The van der Waals surface area contributed by atoms with Crippen molar-refractivity contribution in [1.29, 1.82) is 0 Å². The van der Waals surface area contributed by atoms with Crippen molar-refractivity contribution in [2.75, 3.05) is 7.11 Å². The Morgan fingerprint density at radius 2 is 2.26 bits per heavy atom. The first-order chi connectivity index (χ1) is 9.11. The highest BCUT2D eigenvalue weighted by Gasteiger charge is 2.16. The lowest BCUT2D eigenvalue weighted by Crippen LogP contribution is -2.33. The zero-order chi connectivity index (χ0) is 13.8. The van der Waals surface area contributed by atoms with Gasteiger partial charge in [-0.1, -0.05) is 29.8 Å². The standard InChI is InChI=1S/C13H13ClN2O2S/c1-18-13(17)11(15)6-8-7-19-12(16-8)9-4-2-3-5-10(9)14/h2-5,7,11H,6,15H2,1H3. The molecule has 1 aromatic carbocycles. The maximum absolute atomic E-state index is 11.3. The molecule has 6 heteroatoms. The minimum atomic E-state index is -0.689. The summed E-state index contributed by atoms with van der Waals surface area (Å²) in [5.41, 5.74) is 7.35. The minimum absolute atomic E-state index is 0.355. The largest absolute Gasteiger partial charge is 0.468 e. The zero-order valence-corrected chi connectivity index (χ0v) is 11.9. The molecule has 0 aliphatic rings. The number of methoxy groups -OCH3 is 1. The van der Waals surface area contributed by atoms with Gasteiger partial charge in [0.1, 0.15) is 11.0 Å². The number of benzene rings is 1. The van der Waals surface area contributed by atoms with Crippen molar-refractivity contribution < 1.29 is 9.53 Å². The summed E-state index contributed by atoms with van der Waals surface area (Å²) in [5.74, 6) is -0.438. The van der Waals surface area contributed by atoms with Crippen LogP contribution in [-0.4, -0.2) is 24.1 Å². The molecule has 0 saturated carbocycles. The number of hydrogen-bond acceptors (Lipinski definition) is 5. The van der Waals surface area contributed by atoms with Crippen molar-refractivity contribution in [2.45, 2.75) is 12.5 Å². The monoisotopic (exact) mass is 296 g/mol. The van der Waals surface area contributed by atoms with Gasteiger partial charge >= 0.3 is 5.97 Å². The number of halogens is 1. The third-order valence-electron chi connectivity index (χ3n) is 2.59. The Morgan fingerprint density at radius 1 is 1.53 bits per heavy atom. The second kappa shape index (κ2) is 6.14. The molecule has 0 aliphatic heterocycles. The molecule has 2 N–H and O–H groups in total. The third-order valence-corrected chi connectivity index (χ3v) is 3.84. The summed E-state index contributed by atoms with van der Waals surface area (Å²) in [6, 6.07) is 6.81. The van der Waals surface area contributed by atoms with E-state index in [-0.39, 0.29) is 0 Å². The predicted octanol–water partition coefficient (Wildman–Crippen LogP) is 2.51. The topological polar surface area (TPSA) is 65.2 Å². The molecule has 2 rings (SSSR count). The van der Waals surface area contributed by atoms with Gasteiger partial charge in [0, 0.05) is 17.4 Å². The number of thiazole rings is 1. The molecule has 1 unspecified atom stereocenters. The van der Waals surface area contributed by atoms with Crippen LogP contribution in [0, 0.1) is 0 Å².